The van der Waals surface area contributed by atoms with E-state index in [0.717, 1.165) is 31.0 Å². The van der Waals surface area contributed by atoms with Crippen LogP contribution in [0.3, 0.4) is 0 Å². The summed E-state index contributed by atoms with van der Waals surface area (Å²) in [5, 5.41) is 6.43. The Balaban J connectivity index is 0.00000200. The molecule has 2 heterocycles. The molecule has 1 aromatic rings. The van der Waals surface area contributed by atoms with Crippen LogP contribution in [-0.4, -0.2) is 35.8 Å². The first-order valence-corrected chi connectivity index (χ1v) is 7.89. The Morgan fingerprint density at radius 2 is 2.29 bits per heavy atom. The highest BCUT2D eigenvalue weighted by Gasteiger charge is 2.22. The number of thioether (sulfide) groups is 1. The van der Waals surface area contributed by atoms with Gasteiger partial charge in [-0.25, -0.2) is 0 Å². The average molecular weight is 352 g/mol. The molecule has 1 amide bonds. The van der Waals surface area contributed by atoms with Crippen molar-refractivity contribution in [2.24, 2.45) is 5.92 Å². The maximum absolute atomic E-state index is 11.9. The van der Waals surface area contributed by atoms with Gasteiger partial charge in [-0.15, -0.1) is 36.6 Å². The van der Waals surface area contributed by atoms with Gasteiger partial charge >= 0.3 is 0 Å². The van der Waals surface area contributed by atoms with Crippen LogP contribution in [0, 0.1) is 5.92 Å². The number of amides is 1. The van der Waals surface area contributed by atoms with Crippen molar-refractivity contribution in [1.29, 1.82) is 0 Å². The summed E-state index contributed by atoms with van der Waals surface area (Å²) in [7, 11) is 0. The molecule has 2 unspecified atom stereocenters. The normalized spacial score (nSPS) is 20.8. The summed E-state index contributed by atoms with van der Waals surface area (Å²) in [5.74, 6) is 1.97. The number of hydrogen-bond acceptors (Lipinski definition) is 4. The molecule has 0 radical (unpaired) electrons. The van der Waals surface area contributed by atoms with Crippen molar-refractivity contribution in [2.45, 2.75) is 25.1 Å². The number of aromatic nitrogens is 1. The van der Waals surface area contributed by atoms with Crippen molar-refractivity contribution in [1.82, 2.24) is 15.6 Å². The van der Waals surface area contributed by atoms with Gasteiger partial charge in [-0.2, -0.15) is 0 Å². The third-order valence-electron chi connectivity index (χ3n) is 3.38. The lowest BCUT2D eigenvalue weighted by molar-refractivity contribution is -0.119. The summed E-state index contributed by atoms with van der Waals surface area (Å²) < 4.78 is 0. The fourth-order valence-electron chi connectivity index (χ4n) is 2.16. The van der Waals surface area contributed by atoms with Crippen molar-refractivity contribution in [3.05, 3.63) is 30.1 Å². The molecule has 0 bridgehead atoms. The summed E-state index contributed by atoms with van der Waals surface area (Å²) >= 11 is 1.61. The zero-order chi connectivity index (χ0) is 13.5. The molecule has 120 valence electrons. The predicted molar refractivity (Wildman–Crippen MR) is 93.5 cm³/mol. The van der Waals surface area contributed by atoms with Crippen LogP contribution < -0.4 is 10.6 Å². The molecule has 1 aromatic heterocycles. The van der Waals surface area contributed by atoms with Gasteiger partial charge in [-0.05, 0) is 31.0 Å². The smallest absolute Gasteiger partial charge is 0.230 e. The van der Waals surface area contributed by atoms with E-state index in [1.807, 2.05) is 18.2 Å². The van der Waals surface area contributed by atoms with Crippen molar-refractivity contribution in [3.8, 4) is 0 Å². The maximum atomic E-state index is 11.9. The van der Waals surface area contributed by atoms with Gasteiger partial charge < -0.3 is 10.6 Å². The fraction of sp³-hybridized carbons (Fsp3) is 0.571. The molecule has 1 saturated heterocycles. The van der Waals surface area contributed by atoms with E-state index in [1.165, 1.54) is 0 Å². The minimum Gasteiger partial charge on any atom is -0.351 e. The van der Waals surface area contributed by atoms with Crippen molar-refractivity contribution in [3.63, 3.8) is 0 Å². The second kappa shape index (κ2) is 11.1. The summed E-state index contributed by atoms with van der Waals surface area (Å²) in [6, 6.07) is 6.13. The Hall–Kier alpha value is -0.490. The van der Waals surface area contributed by atoms with E-state index in [9.17, 15) is 4.79 Å². The van der Waals surface area contributed by atoms with Crippen LogP contribution >= 0.6 is 36.6 Å². The Morgan fingerprint density at radius 3 is 2.95 bits per heavy atom. The van der Waals surface area contributed by atoms with E-state index in [1.54, 1.807) is 18.0 Å². The first kappa shape index (κ1) is 20.5. The van der Waals surface area contributed by atoms with E-state index < -0.39 is 0 Å². The van der Waals surface area contributed by atoms with Crippen LogP contribution in [0.5, 0.6) is 0 Å². The Bertz CT molecular complexity index is 408. The van der Waals surface area contributed by atoms with Crippen molar-refractivity contribution in [2.75, 3.05) is 18.8 Å². The fourth-order valence-corrected chi connectivity index (χ4v) is 2.91. The molecule has 2 rings (SSSR count). The third-order valence-corrected chi connectivity index (χ3v) is 4.35. The number of pyridine rings is 1. The van der Waals surface area contributed by atoms with Gasteiger partial charge in [0.15, 0.2) is 0 Å². The second-order valence-electron chi connectivity index (χ2n) is 4.96. The molecule has 21 heavy (non-hydrogen) atoms. The first-order valence-electron chi connectivity index (χ1n) is 6.73. The van der Waals surface area contributed by atoms with E-state index >= 15 is 0 Å². The summed E-state index contributed by atoms with van der Waals surface area (Å²) in [5.41, 5.74) is 1.02. The minimum atomic E-state index is 0. The highest BCUT2D eigenvalue weighted by molar-refractivity contribution is 7.99. The van der Waals surface area contributed by atoms with Crippen LogP contribution in [0.2, 0.25) is 0 Å². The largest absolute Gasteiger partial charge is 0.351 e. The SMILES string of the molecule is CC1CCNCC1NC(=O)CSCc1ccccn1.Cl.Cl. The van der Waals surface area contributed by atoms with Gasteiger partial charge in [0, 0.05) is 24.5 Å². The lowest BCUT2D eigenvalue weighted by Gasteiger charge is -2.30. The van der Waals surface area contributed by atoms with Crippen molar-refractivity contribution < 1.29 is 4.79 Å². The van der Waals surface area contributed by atoms with Crippen LogP contribution in [0.1, 0.15) is 19.0 Å². The molecule has 4 nitrogen and oxygen atoms in total. The number of carbonyl (C=O) groups is 1. The van der Waals surface area contributed by atoms with E-state index in [4.69, 9.17) is 0 Å². The van der Waals surface area contributed by atoms with Gasteiger partial charge in [-0.1, -0.05) is 13.0 Å². The molecule has 2 N–H and O–H groups in total. The van der Waals surface area contributed by atoms with Crippen LogP contribution in [0.15, 0.2) is 24.4 Å². The van der Waals surface area contributed by atoms with Gasteiger partial charge in [0.2, 0.25) is 5.91 Å². The molecular formula is C14H23Cl2N3OS. The first-order chi connectivity index (χ1) is 9.25. The van der Waals surface area contributed by atoms with Crippen LogP contribution in [-0.2, 0) is 10.5 Å². The number of carbonyl (C=O) groups excluding carboxylic acids is 1. The molecule has 7 heteroatoms. The minimum absolute atomic E-state index is 0. The quantitative estimate of drug-likeness (QED) is 0.854. The zero-order valence-electron chi connectivity index (χ0n) is 12.1. The lowest BCUT2D eigenvalue weighted by Crippen LogP contribution is -2.50. The van der Waals surface area contributed by atoms with Gasteiger partial charge in [-0.3, -0.25) is 9.78 Å². The molecule has 0 spiro atoms. The molecule has 1 fully saturated rings. The monoisotopic (exact) mass is 351 g/mol. The predicted octanol–water partition coefficient (Wildman–Crippen LogP) is 2.27. The molecule has 2 atom stereocenters. The van der Waals surface area contributed by atoms with Crippen LogP contribution in [0.25, 0.3) is 0 Å². The van der Waals surface area contributed by atoms with Gasteiger partial charge in [0.1, 0.15) is 0 Å². The van der Waals surface area contributed by atoms with Crippen molar-refractivity contribution >= 4 is 42.5 Å². The number of nitrogens with one attached hydrogen (secondary N) is 2. The summed E-state index contributed by atoms with van der Waals surface area (Å²) in [6.45, 7) is 4.15. The number of nitrogens with zero attached hydrogens (tertiary/aromatic N) is 1. The maximum Gasteiger partial charge on any atom is 0.230 e. The number of piperidine rings is 1. The standard InChI is InChI=1S/C14H21N3OS.2ClH/c1-11-5-7-15-8-13(11)17-14(18)10-19-9-12-4-2-3-6-16-12;;/h2-4,6,11,13,15H,5,7-10H2,1H3,(H,17,18);2*1H. The average Bonchev–Trinajstić information content (AvgIpc) is 2.43. The number of halogens is 2. The highest BCUT2D eigenvalue weighted by Crippen LogP contribution is 2.12. The lowest BCUT2D eigenvalue weighted by atomic mass is 9.95. The molecule has 0 saturated carbocycles. The molecule has 1 aliphatic heterocycles. The Labute approximate surface area is 143 Å². The Kier molecular flexibility index (Phi) is 10.9. The molecular weight excluding hydrogens is 329 g/mol. The third kappa shape index (κ3) is 7.36. The van der Waals surface area contributed by atoms with Gasteiger partial charge in [0.05, 0.1) is 11.4 Å². The summed E-state index contributed by atoms with van der Waals surface area (Å²) in [4.78, 5) is 16.1. The number of hydrogen-bond donors (Lipinski definition) is 2. The second-order valence-corrected chi connectivity index (χ2v) is 5.94. The Morgan fingerprint density at radius 1 is 1.48 bits per heavy atom. The van der Waals surface area contributed by atoms with Crippen LogP contribution in [0.4, 0.5) is 0 Å². The highest BCUT2D eigenvalue weighted by atomic mass is 35.5. The van der Waals surface area contributed by atoms with E-state index in [0.29, 0.717) is 11.7 Å². The van der Waals surface area contributed by atoms with Gasteiger partial charge in [0.25, 0.3) is 0 Å². The number of rotatable bonds is 5. The van der Waals surface area contributed by atoms with E-state index in [2.05, 4.69) is 22.5 Å². The zero-order valence-corrected chi connectivity index (χ0v) is 14.5. The topological polar surface area (TPSA) is 54.0 Å². The molecule has 0 aromatic carbocycles. The van der Waals surface area contributed by atoms with E-state index in [-0.39, 0.29) is 36.8 Å². The molecule has 1 aliphatic rings. The molecule has 0 aliphatic carbocycles. The summed E-state index contributed by atoms with van der Waals surface area (Å²) in [6.07, 6.45) is 2.91.